The Morgan fingerprint density at radius 3 is 2.75 bits per heavy atom. The molecule has 0 bridgehead atoms. The molecule has 0 spiro atoms. The standard InChI is InChI=1S/C15H15BrClFN2/c1-9-2-4-12(18)6-10(9)7-15(20-19)13-8-11(16)3-5-14(13)17/h2-6,8,15,20H,7,19H2,1H3. The molecule has 0 heterocycles. The molecule has 2 aromatic carbocycles. The van der Waals surface area contributed by atoms with Gasteiger partial charge in [-0.3, -0.25) is 11.3 Å². The van der Waals surface area contributed by atoms with Crippen molar-refractivity contribution in [2.75, 3.05) is 0 Å². The fourth-order valence-corrected chi connectivity index (χ4v) is 2.75. The molecule has 0 amide bonds. The fourth-order valence-electron chi connectivity index (χ4n) is 2.12. The third kappa shape index (κ3) is 3.58. The van der Waals surface area contributed by atoms with Gasteiger partial charge in [0.05, 0.1) is 6.04 Å². The lowest BCUT2D eigenvalue weighted by molar-refractivity contribution is 0.547. The van der Waals surface area contributed by atoms with Crippen LogP contribution in [0.3, 0.4) is 0 Å². The Morgan fingerprint density at radius 2 is 2.05 bits per heavy atom. The Balaban J connectivity index is 2.33. The van der Waals surface area contributed by atoms with Crippen molar-refractivity contribution in [3.63, 3.8) is 0 Å². The number of rotatable bonds is 4. The first-order valence-corrected chi connectivity index (χ1v) is 7.34. The highest BCUT2D eigenvalue weighted by atomic mass is 79.9. The molecule has 20 heavy (non-hydrogen) atoms. The zero-order valence-corrected chi connectivity index (χ0v) is 13.3. The molecule has 0 radical (unpaired) electrons. The van der Waals surface area contributed by atoms with E-state index in [-0.39, 0.29) is 11.9 Å². The van der Waals surface area contributed by atoms with Crippen molar-refractivity contribution in [1.29, 1.82) is 0 Å². The van der Waals surface area contributed by atoms with Crippen molar-refractivity contribution in [3.8, 4) is 0 Å². The predicted octanol–water partition coefficient (Wildman–Crippen LogP) is 4.30. The number of benzene rings is 2. The summed E-state index contributed by atoms with van der Waals surface area (Å²) in [6, 6.07) is 10.2. The van der Waals surface area contributed by atoms with Gasteiger partial charge in [-0.05, 0) is 60.4 Å². The van der Waals surface area contributed by atoms with Gasteiger partial charge in [0, 0.05) is 9.50 Å². The van der Waals surface area contributed by atoms with Gasteiger partial charge < -0.3 is 0 Å². The summed E-state index contributed by atoms with van der Waals surface area (Å²) >= 11 is 9.63. The van der Waals surface area contributed by atoms with E-state index in [9.17, 15) is 4.39 Å². The minimum Gasteiger partial charge on any atom is -0.271 e. The summed E-state index contributed by atoms with van der Waals surface area (Å²) in [6.45, 7) is 1.95. The molecule has 0 aliphatic rings. The number of hydrogen-bond donors (Lipinski definition) is 2. The van der Waals surface area contributed by atoms with Crippen LogP contribution in [0.2, 0.25) is 5.02 Å². The lowest BCUT2D eigenvalue weighted by Gasteiger charge is -2.19. The minimum atomic E-state index is -0.248. The molecular weight excluding hydrogens is 343 g/mol. The largest absolute Gasteiger partial charge is 0.271 e. The van der Waals surface area contributed by atoms with Gasteiger partial charge in [0.25, 0.3) is 0 Å². The Morgan fingerprint density at radius 1 is 1.30 bits per heavy atom. The van der Waals surface area contributed by atoms with Crippen LogP contribution in [0.1, 0.15) is 22.7 Å². The van der Waals surface area contributed by atoms with E-state index in [0.717, 1.165) is 21.2 Å². The maximum Gasteiger partial charge on any atom is 0.123 e. The van der Waals surface area contributed by atoms with Crippen LogP contribution in [0.25, 0.3) is 0 Å². The lowest BCUT2D eigenvalue weighted by atomic mass is 9.96. The Kier molecular flexibility index (Phi) is 5.16. The van der Waals surface area contributed by atoms with Gasteiger partial charge in [0.2, 0.25) is 0 Å². The summed E-state index contributed by atoms with van der Waals surface area (Å²) in [5.74, 6) is 5.39. The maximum absolute atomic E-state index is 13.4. The first-order valence-electron chi connectivity index (χ1n) is 6.17. The summed E-state index contributed by atoms with van der Waals surface area (Å²) in [5, 5.41) is 0.630. The van der Waals surface area contributed by atoms with Gasteiger partial charge in [0.15, 0.2) is 0 Å². The van der Waals surface area contributed by atoms with Gasteiger partial charge in [-0.1, -0.05) is 33.6 Å². The SMILES string of the molecule is Cc1ccc(F)cc1CC(NN)c1cc(Br)ccc1Cl. The van der Waals surface area contributed by atoms with Gasteiger partial charge in [0.1, 0.15) is 5.82 Å². The van der Waals surface area contributed by atoms with E-state index in [1.807, 2.05) is 25.1 Å². The lowest BCUT2D eigenvalue weighted by Crippen LogP contribution is -2.30. The van der Waals surface area contributed by atoms with E-state index >= 15 is 0 Å². The van der Waals surface area contributed by atoms with E-state index in [0.29, 0.717) is 11.4 Å². The summed E-state index contributed by atoms with van der Waals surface area (Å²) in [7, 11) is 0. The molecule has 0 aliphatic heterocycles. The second kappa shape index (κ2) is 6.68. The van der Waals surface area contributed by atoms with Crippen molar-refractivity contribution < 1.29 is 4.39 Å². The van der Waals surface area contributed by atoms with E-state index in [2.05, 4.69) is 21.4 Å². The van der Waals surface area contributed by atoms with Crippen LogP contribution in [0, 0.1) is 12.7 Å². The molecule has 2 rings (SSSR count). The quantitative estimate of drug-likeness (QED) is 0.632. The number of nitrogens with one attached hydrogen (secondary N) is 1. The minimum absolute atomic E-state index is 0.180. The normalized spacial score (nSPS) is 12.4. The predicted molar refractivity (Wildman–Crippen MR) is 84.1 cm³/mol. The van der Waals surface area contributed by atoms with Crippen LogP contribution in [0.4, 0.5) is 4.39 Å². The summed E-state index contributed by atoms with van der Waals surface area (Å²) in [6.07, 6.45) is 0.566. The van der Waals surface area contributed by atoms with Gasteiger partial charge in [-0.25, -0.2) is 4.39 Å². The van der Waals surface area contributed by atoms with Crippen molar-refractivity contribution >= 4 is 27.5 Å². The second-order valence-electron chi connectivity index (χ2n) is 4.66. The summed E-state index contributed by atoms with van der Waals surface area (Å²) < 4.78 is 14.3. The van der Waals surface area contributed by atoms with Crippen LogP contribution in [-0.4, -0.2) is 0 Å². The Labute approximate surface area is 131 Å². The molecular formula is C15H15BrClFN2. The van der Waals surface area contributed by atoms with Crippen LogP contribution in [0.5, 0.6) is 0 Å². The maximum atomic E-state index is 13.4. The number of halogens is 3. The number of aryl methyl sites for hydroxylation is 1. The first-order chi connectivity index (χ1) is 9.51. The number of hydrazine groups is 1. The van der Waals surface area contributed by atoms with Crippen LogP contribution >= 0.6 is 27.5 Å². The smallest absolute Gasteiger partial charge is 0.123 e. The number of hydrogen-bond acceptors (Lipinski definition) is 2. The zero-order valence-electron chi connectivity index (χ0n) is 11.0. The summed E-state index contributed by atoms with van der Waals surface area (Å²) in [4.78, 5) is 0. The zero-order chi connectivity index (χ0) is 14.7. The first kappa shape index (κ1) is 15.4. The molecule has 1 unspecified atom stereocenters. The molecule has 106 valence electrons. The third-order valence-corrected chi connectivity index (χ3v) is 4.11. The average molecular weight is 358 g/mol. The molecule has 0 saturated heterocycles. The third-order valence-electron chi connectivity index (χ3n) is 3.27. The van der Waals surface area contributed by atoms with Crippen LogP contribution in [0.15, 0.2) is 40.9 Å². The van der Waals surface area contributed by atoms with Crippen molar-refractivity contribution in [2.45, 2.75) is 19.4 Å². The van der Waals surface area contributed by atoms with E-state index in [1.54, 1.807) is 6.07 Å². The van der Waals surface area contributed by atoms with Crippen LogP contribution in [-0.2, 0) is 6.42 Å². The molecule has 0 aromatic heterocycles. The van der Waals surface area contributed by atoms with Crippen molar-refractivity contribution in [1.82, 2.24) is 5.43 Å². The van der Waals surface area contributed by atoms with Gasteiger partial charge in [-0.15, -0.1) is 0 Å². The van der Waals surface area contributed by atoms with Crippen molar-refractivity contribution in [2.24, 2.45) is 5.84 Å². The van der Waals surface area contributed by atoms with Crippen molar-refractivity contribution in [3.05, 3.63) is 68.4 Å². The highest BCUT2D eigenvalue weighted by molar-refractivity contribution is 9.10. The second-order valence-corrected chi connectivity index (χ2v) is 5.98. The Bertz CT molecular complexity index is 619. The molecule has 0 aliphatic carbocycles. The van der Waals surface area contributed by atoms with Gasteiger partial charge in [-0.2, -0.15) is 0 Å². The molecule has 3 N–H and O–H groups in total. The topological polar surface area (TPSA) is 38.0 Å². The molecule has 5 heteroatoms. The molecule has 2 nitrogen and oxygen atoms in total. The summed E-state index contributed by atoms with van der Waals surface area (Å²) in [5.41, 5.74) is 5.57. The highest BCUT2D eigenvalue weighted by Gasteiger charge is 2.16. The number of nitrogens with two attached hydrogens (primary N) is 1. The Hall–Kier alpha value is -0.940. The molecule has 2 aromatic rings. The molecule has 1 atom stereocenters. The van der Waals surface area contributed by atoms with E-state index in [4.69, 9.17) is 17.4 Å². The molecule has 0 saturated carbocycles. The van der Waals surface area contributed by atoms with E-state index in [1.165, 1.54) is 12.1 Å². The van der Waals surface area contributed by atoms with Gasteiger partial charge >= 0.3 is 0 Å². The highest BCUT2D eigenvalue weighted by Crippen LogP contribution is 2.29. The monoisotopic (exact) mass is 356 g/mol. The average Bonchev–Trinajstić information content (AvgIpc) is 2.42. The van der Waals surface area contributed by atoms with E-state index < -0.39 is 0 Å². The fraction of sp³-hybridized carbons (Fsp3) is 0.200. The molecule has 0 fully saturated rings. The van der Waals surface area contributed by atoms with Crippen LogP contribution < -0.4 is 11.3 Å².